The average molecular weight is 304 g/mol. The molecule has 1 atom stereocenters. The van der Waals surface area contributed by atoms with Gasteiger partial charge in [-0.05, 0) is 32.0 Å². The molecule has 6 nitrogen and oxygen atoms in total. The lowest BCUT2D eigenvalue weighted by Crippen LogP contribution is -2.44. The van der Waals surface area contributed by atoms with E-state index in [0.29, 0.717) is 12.2 Å². The number of amides is 1. The third kappa shape index (κ3) is 3.75. The quantitative estimate of drug-likeness (QED) is 0.889. The third-order valence-corrected chi connectivity index (χ3v) is 4.36. The highest BCUT2D eigenvalue weighted by Crippen LogP contribution is 2.15. The number of nitrogens with one attached hydrogen (secondary N) is 1. The second kappa shape index (κ2) is 7.07. The Hall–Kier alpha value is -1.66. The lowest BCUT2D eigenvalue weighted by molar-refractivity contribution is 0.0853. The van der Waals surface area contributed by atoms with Gasteiger partial charge >= 0.3 is 0 Å². The zero-order valence-electron chi connectivity index (χ0n) is 13.1. The number of ether oxygens (including phenoxy) is 1. The van der Waals surface area contributed by atoms with Crippen LogP contribution in [0.4, 0.5) is 5.69 Å². The molecule has 2 saturated heterocycles. The number of piperazine rings is 1. The maximum Gasteiger partial charge on any atom is 0.269 e. The molecule has 1 unspecified atom stereocenters. The first kappa shape index (κ1) is 15.2. The first-order valence-corrected chi connectivity index (χ1v) is 8.02. The SMILES string of the molecule is CN1CCN(c2ccc(C(=O)NCC3CCCO3)nc2)CC1. The smallest absolute Gasteiger partial charge is 0.269 e. The number of likely N-dealkylation sites (N-methyl/N-ethyl adjacent to an activating group) is 1. The van der Waals surface area contributed by atoms with Crippen molar-refractivity contribution in [2.45, 2.75) is 18.9 Å². The number of carbonyl (C=O) groups excluding carboxylic acids is 1. The van der Waals surface area contributed by atoms with E-state index in [0.717, 1.165) is 51.3 Å². The molecule has 0 spiro atoms. The molecule has 1 amide bonds. The van der Waals surface area contributed by atoms with Crippen LogP contribution in [0.2, 0.25) is 0 Å². The van der Waals surface area contributed by atoms with Crippen LogP contribution in [0.1, 0.15) is 23.3 Å². The van der Waals surface area contributed by atoms with Gasteiger partial charge in [-0.15, -0.1) is 0 Å². The molecule has 0 aromatic carbocycles. The molecule has 0 radical (unpaired) electrons. The van der Waals surface area contributed by atoms with Crippen molar-refractivity contribution in [3.63, 3.8) is 0 Å². The van der Waals surface area contributed by atoms with Gasteiger partial charge in [0, 0.05) is 39.3 Å². The van der Waals surface area contributed by atoms with Crippen molar-refractivity contribution in [1.82, 2.24) is 15.2 Å². The van der Waals surface area contributed by atoms with Crippen molar-refractivity contribution in [2.24, 2.45) is 0 Å². The molecule has 3 heterocycles. The summed E-state index contributed by atoms with van der Waals surface area (Å²) < 4.78 is 5.50. The standard InChI is InChI=1S/C16H24N4O2/c1-19-6-8-20(9-7-19)13-4-5-15(17-11-13)16(21)18-12-14-3-2-10-22-14/h4-5,11,14H,2-3,6-10,12H2,1H3,(H,18,21). The van der Waals surface area contributed by atoms with E-state index < -0.39 is 0 Å². The molecule has 2 fully saturated rings. The number of carbonyl (C=O) groups is 1. The number of hydrogen-bond donors (Lipinski definition) is 1. The minimum absolute atomic E-state index is 0.125. The topological polar surface area (TPSA) is 57.7 Å². The number of anilines is 1. The fraction of sp³-hybridized carbons (Fsp3) is 0.625. The van der Waals surface area contributed by atoms with Gasteiger partial charge in [0.2, 0.25) is 0 Å². The van der Waals surface area contributed by atoms with Crippen molar-refractivity contribution >= 4 is 11.6 Å². The van der Waals surface area contributed by atoms with Crippen LogP contribution < -0.4 is 10.2 Å². The van der Waals surface area contributed by atoms with Crippen molar-refractivity contribution in [2.75, 3.05) is 51.3 Å². The molecule has 0 aliphatic carbocycles. The Morgan fingerprint density at radius 3 is 2.82 bits per heavy atom. The van der Waals surface area contributed by atoms with Crippen LogP contribution in [-0.2, 0) is 4.74 Å². The summed E-state index contributed by atoms with van der Waals surface area (Å²) in [5, 5.41) is 2.90. The Morgan fingerprint density at radius 2 is 2.18 bits per heavy atom. The van der Waals surface area contributed by atoms with Crippen LogP contribution in [0.3, 0.4) is 0 Å². The molecule has 6 heteroatoms. The monoisotopic (exact) mass is 304 g/mol. The van der Waals surface area contributed by atoms with E-state index in [9.17, 15) is 4.79 Å². The Morgan fingerprint density at radius 1 is 1.36 bits per heavy atom. The van der Waals surface area contributed by atoms with Gasteiger partial charge in [0.15, 0.2) is 0 Å². The fourth-order valence-corrected chi connectivity index (χ4v) is 2.87. The van der Waals surface area contributed by atoms with E-state index in [-0.39, 0.29) is 12.0 Å². The van der Waals surface area contributed by atoms with Gasteiger partial charge in [0.1, 0.15) is 5.69 Å². The molecule has 120 valence electrons. The van der Waals surface area contributed by atoms with E-state index in [1.54, 1.807) is 12.3 Å². The second-order valence-corrected chi connectivity index (χ2v) is 6.04. The predicted molar refractivity (Wildman–Crippen MR) is 85.3 cm³/mol. The van der Waals surface area contributed by atoms with Crippen LogP contribution in [0.5, 0.6) is 0 Å². The van der Waals surface area contributed by atoms with Crippen LogP contribution in [-0.4, -0.2) is 68.3 Å². The van der Waals surface area contributed by atoms with Gasteiger partial charge in [-0.25, -0.2) is 4.98 Å². The van der Waals surface area contributed by atoms with Crippen LogP contribution in [0.25, 0.3) is 0 Å². The first-order valence-electron chi connectivity index (χ1n) is 8.02. The zero-order chi connectivity index (χ0) is 15.4. The highest BCUT2D eigenvalue weighted by atomic mass is 16.5. The van der Waals surface area contributed by atoms with Crippen molar-refractivity contribution in [3.8, 4) is 0 Å². The summed E-state index contributed by atoms with van der Waals surface area (Å²) in [6.45, 7) is 5.50. The lowest BCUT2D eigenvalue weighted by atomic mass is 10.2. The highest BCUT2D eigenvalue weighted by molar-refractivity contribution is 5.92. The first-order chi connectivity index (χ1) is 10.7. The summed E-state index contributed by atoms with van der Waals surface area (Å²) in [4.78, 5) is 21.0. The number of aromatic nitrogens is 1. The number of hydrogen-bond acceptors (Lipinski definition) is 5. The van der Waals surface area contributed by atoms with Gasteiger partial charge in [-0.1, -0.05) is 0 Å². The van der Waals surface area contributed by atoms with Crippen LogP contribution in [0, 0.1) is 0 Å². The Labute approximate surface area is 131 Å². The minimum atomic E-state index is -0.125. The third-order valence-electron chi connectivity index (χ3n) is 4.36. The number of pyridine rings is 1. The maximum absolute atomic E-state index is 12.1. The molecule has 2 aliphatic rings. The van der Waals surface area contributed by atoms with Gasteiger partial charge in [-0.3, -0.25) is 4.79 Å². The molecule has 1 aromatic heterocycles. The summed E-state index contributed by atoms with van der Waals surface area (Å²) in [5.41, 5.74) is 1.56. The average Bonchev–Trinajstić information content (AvgIpc) is 3.07. The highest BCUT2D eigenvalue weighted by Gasteiger charge is 2.18. The van der Waals surface area contributed by atoms with E-state index in [1.165, 1.54) is 0 Å². The molecule has 3 rings (SSSR count). The van der Waals surface area contributed by atoms with Gasteiger partial charge in [0.25, 0.3) is 5.91 Å². The van der Waals surface area contributed by atoms with E-state index in [4.69, 9.17) is 4.74 Å². The molecule has 0 bridgehead atoms. The van der Waals surface area contributed by atoms with Crippen molar-refractivity contribution in [3.05, 3.63) is 24.0 Å². The van der Waals surface area contributed by atoms with Crippen LogP contribution >= 0.6 is 0 Å². The summed E-state index contributed by atoms with van der Waals surface area (Å²) >= 11 is 0. The minimum Gasteiger partial charge on any atom is -0.376 e. The Kier molecular flexibility index (Phi) is 4.90. The second-order valence-electron chi connectivity index (χ2n) is 6.04. The number of nitrogens with zero attached hydrogens (tertiary/aromatic N) is 3. The van der Waals surface area contributed by atoms with Crippen molar-refractivity contribution < 1.29 is 9.53 Å². The number of rotatable bonds is 4. The Balaban J connectivity index is 1.53. The predicted octanol–water partition coefficient (Wildman–Crippen LogP) is 0.742. The molecule has 1 aromatic rings. The lowest BCUT2D eigenvalue weighted by Gasteiger charge is -2.33. The molecular weight excluding hydrogens is 280 g/mol. The largest absolute Gasteiger partial charge is 0.376 e. The fourth-order valence-electron chi connectivity index (χ4n) is 2.87. The summed E-state index contributed by atoms with van der Waals surface area (Å²) in [6.07, 6.45) is 4.06. The Bertz CT molecular complexity index is 491. The van der Waals surface area contributed by atoms with Gasteiger partial charge in [0.05, 0.1) is 18.0 Å². The van der Waals surface area contributed by atoms with E-state index in [2.05, 4.69) is 27.1 Å². The summed E-state index contributed by atoms with van der Waals surface area (Å²) in [6, 6.07) is 3.79. The zero-order valence-corrected chi connectivity index (χ0v) is 13.1. The summed E-state index contributed by atoms with van der Waals surface area (Å²) in [5.74, 6) is -0.125. The normalized spacial score (nSPS) is 22.8. The summed E-state index contributed by atoms with van der Waals surface area (Å²) in [7, 11) is 2.14. The van der Waals surface area contributed by atoms with Gasteiger partial charge < -0.3 is 19.9 Å². The van der Waals surface area contributed by atoms with Crippen molar-refractivity contribution in [1.29, 1.82) is 0 Å². The maximum atomic E-state index is 12.1. The van der Waals surface area contributed by atoms with E-state index in [1.807, 2.05) is 6.07 Å². The van der Waals surface area contributed by atoms with Gasteiger partial charge in [-0.2, -0.15) is 0 Å². The van der Waals surface area contributed by atoms with E-state index >= 15 is 0 Å². The molecular formula is C16H24N4O2. The molecule has 2 aliphatic heterocycles. The van der Waals surface area contributed by atoms with Crippen LogP contribution in [0.15, 0.2) is 18.3 Å². The molecule has 0 saturated carbocycles. The molecule has 22 heavy (non-hydrogen) atoms. The molecule has 1 N–H and O–H groups in total.